The molecule has 1 aliphatic rings. The van der Waals surface area contributed by atoms with Gasteiger partial charge in [-0.05, 0) is 25.0 Å². The zero-order valence-electron chi connectivity index (χ0n) is 11.1. The second kappa shape index (κ2) is 7.16. The Labute approximate surface area is 112 Å². The summed E-state index contributed by atoms with van der Waals surface area (Å²) in [5, 5.41) is 5.72. The van der Waals surface area contributed by atoms with Crippen LogP contribution in [-0.2, 0) is 9.47 Å². The van der Waals surface area contributed by atoms with Crippen molar-refractivity contribution in [3.63, 3.8) is 0 Å². The summed E-state index contributed by atoms with van der Waals surface area (Å²) in [5.74, 6) is 0.703. The van der Waals surface area contributed by atoms with E-state index in [0.717, 1.165) is 12.8 Å². The summed E-state index contributed by atoms with van der Waals surface area (Å²) in [4.78, 5) is 11.8. The van der Waals surface area contributed by atoms with E-state index in [1.54, 1.807) is 19.4 Å². The van der Waals surface area contributed by atoms with E-state index in [4.69, 9.17) is 13.9 Å². The highest BCUT2D eigenvalue weighted by atomic mass is 16.5. The van der Waals surface area contributed by atoms with Gasteiger partial charge in [-0.15, -0.1) is 0 Å². The Kier molecular flexibility index (Phi) is 5.23. The van der Waals surface area contributed by atoms with E-state index in [1.165, 1.54) is 0 Å². The largest absolute Gasteiger partial charge is 0.467 e. The molecular formula is C13H20N2O4. The predicted molar refractivity (Wildman–Crippen MR) is 68.8 cm³/mol. The van der Waals surface area contributed by atoms with Crippen molar-refractivity contribution in [2.45, 2.75) is 25.0 Å². The minimum Gasteiger partial charge on any atom is -0.467 e. The van der Waals surface area contributed by atoms with Gasteiger partial charge in [0.1, 0.15) is 11.9 Å². The topological polar surface area (TPSA) is 72.7 Å². The minimum atomic E-state index is -0.268. The third-order valence-corrected chi connectivity index (χ3v) is 3.15. The highest BCUT2D eigenvalue weighted by Crippen LogP contribution is 2.15. The van der Waals surface area contributed by atoms with Gasteiger partial charge in [0, 0.05) is 26.4 Å². The van der Waals surface area contributed by atoms with Gasteiger partial charge >= 0.3 is 6.03 Å². The van der Waals surface area contributed by atoms with Crippen LogP contribution in [0.3, 0.4) is 0 Å². The highest BCUT2D eigenvalue weighted by Gasteiger charge is 2.18. The first-order chi connectivity index (χ1) is 9.29. The molecule has 0 radical (unpaired) electrons. The molecule has 1 aromatic rings. The molecule has 1 unspecified atom stereocenters. The second-order valence-electron chi connectivity index (χ2n) is 4.48. The average Bonchev–Trinajstić information content (AvgIpc) is 2.95. The maximum atomic E-state index is 11.8. The SMILES string of the molecule is COC(CNC(=O)NC1CCOCC1)c1ccco1. The Morgan fingerprint density at radius 2 is 2.32 bits per heavy atom. The summed E-state index contributed by atoms with van der Waals surface area (Å²) in [6.07, 6.45) is 3.04. The van der Waals surface area contributed by atoms with Gasteiger partial charge in [-0.25, -0.2) is 4.79 Å². The van der Waals surface area contributed by atoms with E-state index < -0.39 is 0 Å². The highest BCUT2D eigenvalue weighted by molar-refractivity contribution is 5.74. The lowest BCUT2D eigenvalue weighted by atomic mass is 10.1. The lowest BCUT2D eigenvalue weighted by molar-refractivity contribution is 0.0770. The zero-order valence-corrected chi connectivity index (χ0v) is 11.1. The summed E-state index contributed by atoms with van der Waals surface area (Å²) in [6.45, 7) is 1.79. The summed E-state index contributed by atoms with van der Waals surface area (Å²) >= 11 is 0. The molecule has 0 bridgehead atoms. The Morgan fingerprint density at radius 3 is 2.95 bits per heavy atom. The number of carbonyl (C=O) groups excluding carboxylic acids is 1. The Hall–Kier alpha value is -1.53. The van der Waals surface area contributed by atoms with Crippen LogP contribution < -0.4 is 10.6 Å². The quantitative estimate of drug-likeness (QED) is 0.847. The van der Waals surface area contributed by atoms with Crippen molar-refractivity contribution in [1.82, 2.24) is 10.6 Å². The molecule has 2 amide bonds. The number of rotatable bonds is 5. The van der Waals surface area contributed by atoms with Gasteiger partial charge < -0.3 is 24.5 Å². The number of urea groups is 1. The van der Waals surface area contributed by atoms with Crippen LogP contribution >= 0.6 is 0 Å². The van der Waals surface area contributed by atoms with Gasteiger partial charge in [-0.1, -0.05) is 0 Å². The maximum Gasteiger partial charge on any atom is 0.315 e. The van der Waals surface area contributed by atoms with Crippen LogP contribution in [0.4, 0.5) is 4.79 Å². The Morgan fingerprint density at radius 1 is 1.53 bits per heavy atom. The van der Waals surface area contributed by atoms with E-state index in [-0.39, 0.29) is 18.2 Å². The van der Waals surface area contributed by atoms with Crippen LogP contribution in [0.5, 0.6) is 0 Å². The van der Waals surface area contributed by atoms with Gasteiger partial charge in [-0.3, -0.25) is 0 Å². The van der Waals surface area contributed by atoms with Crippen molar-refractivity contribution in [2.24, 2.45) is 0 Å². The van der Waals surface area contributed by atoms with Crippen molar-refractivity contribution in [3.05, 3.63) is 24.2 Å². The molecule has 106 valence electrons. The third kappa shape index (κ3) is 4.25. The molecule has 1 saturated heterocycles. The molecule has 0 aromatic carbocycles. The molecule has 2 heterocycles. The summed E-state index contributed by atoms with van der Waals surface area (Å²) in [5.41, 5.74) is 0. The monoisotopic (exact) mass is 268 g/mol. The Balaban J connectivity index is 1.72. The van der Waals surface area contributed by atoms with Crippen LogP contribution in [0.15, 0.2) is 22.8 Å². The maximum absolute atomic E-state index is 11.8. The van der Waals surface area contributed by atoms with E-state index in [1.807, 2.05) is 6.07 Å². The van der Waals surface area contributed by atoms with Crippen LogP contribution in [0, 0.1) is 0 Å². The van der Waals surface area contributed by atoms with E-state index in [0.29, 0.717) is 25.5 Å². The first kappa shape index (κ1) is 13.9. The molecule has 2 rings (SSSR count). The second-order valence-corrected chi connectivity index (χ2v) is 4.48. The van der Waals surface area contributed by atoms with Crippen molar-refractivity contribution in [2.75, 3.05) is 26.9 Å². The van der Waals surface area contributed by atoms with E-state index >= 15 is 0 Å². The number of methoxy groups -OCH3 is 1. The van der Waals surface area contributed by atoms with E-state index in [9.17, 15) is 4.79 Å². The normalized spacial score (nSPS) is 17.9. The smallest absolute Gasteiger partial charge is 0.315 e. The van der Waals surface area contributed by atoms with Crippen molar-refractivity contribution < 1.29 is 18.7 Å². The standard InChI is InChI=1S/C13H20N2O4/c1-17-12(11-3-2-6-19-11)9-14-13(16)15-10-4-7-18-8-5-10/h2-3,6,10,12H,4-5,7-9H2,1H3,(H2,14,15,16). The molecule has 2 N–H and O–H groups in total. The average molecular weight is 268 g/mol. The van der Waals surface area contributed by atoms with Crippen LogP contribution in [0.2, 0.25) is 0 Å². The molecule has 19 heavy (non-hydrogen) atoms. The molecule has 0 saturated carbocycles. The summed E-state index contributed by atoms with van der Waals surface area (Å²) in [6, 6.07) is 3.63. The number of ether oxygens (including phenoxy) is 2. The number of carbonyl (C=O) groups is 1. The molecule has 6 nitrogen and oxygen atoms in total. The third-order valence-electron chi connectivity index (χ3n) is 3.15. The number of hydrogen-bond donors (Lipinski definition) is 2. The lowest BCUT2D eigenvalue weighted by Gasteiger charge is -2.23. The number of hydrogen-bond acceptors (Lipinski definition) is 4. The summed E-state index contributed by atoms with van der Waals surface area (Å²) < 4.78 is 15.8. The van der Waals surface area contributed by atoms with Crippen molar-refractivity contribution in [1.29, 1.82) is 0 Å². The van der Waals surface area contributed by atoms with Crippen molar-refractivity contribution in [3.8, 4) is 0 Å². The van der Waals surface area contributed by atoms with Gasteiger partial charge in [0.25, 0.3) is 0 Å². The fraction of sp³-hybridized carbons (Fsp3) is 0.615. The fourth-order valence-electron chi connectivity index (χ4n) is 2.04. The summed E-state index contributed by atoms with van der Waals surface area (Å²) in [7, 11) is 1.59. The first-order valence-electron chi connectivity index (χ1n) is 6.48. The van der Waals surface area contributed by atoms with Gasteiger partial charge in [-0.2, -0.15) is 0 Å². The number of furan rings is 1. The first-order valence-corrected chi connectivity index (χ1v) is 6.48. The molecule has 1 fully saturated rings. The number of amides is 2. The molecule has 1 aromatic heterocycles. The van der Waals surface area contributed by atoms with Gasteiger partial charge in [0.05, 0.1) is 12.8 Å². The molecule has 1 atom stereocenters. The molecule has 6 heteroatoms. The molecule has 0 spiro atoms. The molecular weight excluding hydrogens is 248 g/mol. The van der Waals surface area contributed by atoms with Gasteiger partial charge in [0.15, 0.2) is 0 Å². The Bertz CT molecular complexity index is 374. The van der Waals surface area contributed by atoms with E-state index in [2.05, 4.69) is 10.6 Å². The number of nitrogens with one attached hydrogen (secondary N) is 2. The predicted octanol–water partition coefficient (Wildman–Crippen LogP) is 1.45. The minimum absolute atomic E-state index is 0.180. The fourth-order valence-corrected chi connectivity index (χ4v) is 2.04. The van der Waals surface area contributed by atoms with Crippen LogP contribution in [0.25, 0.3) is 0 Å². The van der Waals surface area contributed by atoms with Crippen LogP contribution in [0.1, 0.15) is 24.7 Å². The van der Waals surface area contributed by atoms with Crippen LogP contribution in [-0.4, -0.2) is 38.9 Å². The van der Waals surface area contributed by atoms with Crippen molar-refractivity contribution >= 4 is 6.03 Å². The zero-order chi connectivity index (χ0) is 13.5. The molecule has 0 aliphatic carbocycles. The molecule has 1 aliphatic heterocycles. The van der Waals surface area contributed by atoms with Gasteiger partial charge in [0.2, 0.25) is 0 Å². The lowest BCUT2D eigenvalue weighted by Crippen LogP contribution is -2.45.